The SMILES string of the molecule is CCCCC[C@H](O)/C=C/[C@H]1C(=O)C[C@H](O)[C@@H]1C/C=C\CCCC(=O)OC[C@H](CO)OC(=O)CCCCCCCCCCC(C)C. The summed E-state index contributed by atoms with van der Waals surface area (Å²) >= 11 is 0. The van der Waals surface area contributed by atoms with Crippen LogP contribution in [0, 0.1) is 17.8 Å². The predicted molar refractivity (Wildman–Crippen MR) is 178 cm³/mol. The molecule has 0 aromatic carbocycles. The average molecular weight is 637 g/mol. The van der Waals surface area contributed by atoms with E-state index in [1.807, 2.05) is 12.2 Å². The molecule has 0 aliphatic heterocycles. The summed E-state index contributed by atoms with van der Waals surface area (Å²) < 4.78 is 10.5. The number of Topliss-reactive ketones (excluding diaryl/α,β-unsaturated/α-hetero) is 1. The number of unbranched alkanes of at least 4 members (excludes halogenated alkanes) is 10. The van der Waals surface area contributed by atoms with Gasteiger partial charge in [-0.3, -0.25) is 14.4 Å². The van der Waals surface area contributed by atoms with E-state index in [1.54, 1.807) is 12.2 Å². The number of rotatable bonds is 27. The van der Waals surface area contributed by atoms with Crippen LogP contribution in [0.3, 0.4) is 0 Å². The Bertz CT molecular complexity index is 851. The molecule has 1 saturated carbocycles. The number of aliphatic hydroxyl groups excluding tert-OH is 3. The quantitative estimate of drug-likeness (QED) is 0.0492. The van der Waals surface area contributed by atoms with Crippen LogP contribution in [0.25, 0.3) is 0 Å². The summed E-state index contributed by atoms with van der Waals surface area (Å²) in [4.78, 5) is 36.7. The van der Waals surface area contributed by atoms with Crippen molar-refractivity contribution in [3.8, 4) is 0 Å². The molecule has 0 unspecified atom stereocenters. The second-order valence-corrected chi connectivity index (χ2v) is 13.2. The van der Waals surface area contributed by atoms with Crippen molar-refractivity contribution < 1.29 is 39.2 Å². The Morgan fingerprint density at radius 3 is 2.20 bits per heavy atom. The Morgan fingerprint density at radius 1 is 0.889 bits per heavy atom. The molecule has 3 N–H and O–H groups in total. The molecule has 8 heteroatoms. The van der Waals surface area contributed by atoms with Crippen LogP contribution in [0.15, 0.2) is 24.3 Å². The summed E-state index contributed by atoms with van der Waals surface area (Å²) in [6.45, 7) is 6.07. The number of allylic oxidation sites excluding steroid dienone is 3. The fourth-order valence-corrected chi connectivity index (χ4v) is 5.72. The lowest BCUT2D eigenvalue weighted by Gasteiger charge is -2.17. The summed E-state index contributed by atoms with van der Waals surface area (Å²) in [6, 6.07) is 0. The third-order valence-electron chi connectivity index (χ3n) is 8.55. The number of ether oxygens (including phenoxy) is 2. The minimum Gasteiger partial charge on any atom is -0.462 e. The average Bonchev–Trinajstić information content (AvgIpc) is 3.27. The lowest BCUT2D eigenvalue weighted by atomic mass is 9.90. The van der Waals surface area contributed by atoms with E-state index in [-0.39, 0.29) is 37.1 Å². The fourth-order valence-electron chi connectivity index (χ4n) is 5.72. The van der Waals surface area contributed by atoms with Crippen molar-refractivity contribution in [2.75, 3.05) is 13.2 Å². The van der Waals surface area contributed by atoms with Crippen LogP contribution in [0.1, 0.15) is 143 Å². The molecule has 0 radical (unpaired) electrons. The number of ketones is 1. The summed E-state index contributed by atoms with van der Waals surface area (Å²) in [5.74, 6) is -0.620. The Labute approximate surface area is 273 Å². The van der Waals surface area contributed by atoms with Crippen molar-refractivity contribution >= 4 is 17.7 Å². The van der Waals surface area contributed by atoms with Crippen LogP contribution in [0.5, 0.6) is 0 Å². The van der Waals surface area contributed by atoms with Crippen molar-refractivity contribution in [3.63, 3.8) is 0 Å². The maximum atomic E-state index is 12.4. The van der Waals surface area contributed by atoms with Crippen molar-refractivity contribution in [3.05, 3.63) is 24.3 Å². The van der Waals surface area contributed by atoms with Gasteiger partial charge in [0.25, 0.3) is 0 Å². The largest absolute Gasteiger partial charge is 0.462 e. The Balaban J connectivity index is 2.19. The molecule has 0 heterocycles. The van der Waals surface area contributed by atoms with Crippen molar-refractivity contribution in [1.82, 2.24) is 0 Å². The van der Waals surface area contributed by atoms with E-state index < -0.39 is 36.8 Å². The summed E-state index contributed by atoms with van der Waals surface area (Å²) in [5.41, 5.74) is 0. The molecule has 0 aromatic rings. The molecule has 1 fully saturated rings. The lowest BCUT2D eigenvalue weighted by molar-refractivity contribution is -0.161. The Hall–Kier alpha value is -2.03. The maximum absolute atomic E-state index is 12.4. The number of hydrogen-bond donors (Lipinski definition) is 3. The molecule has 1 aliphatic carbocycles. The van der Waals surface area contributed by atoms with Crippen LogP contribution in [0.4, 0.5) is 0 Å². The zero-order valence-corrected chi connectivity index (χ0v) is 28.5. The molecular weight excluding hydrogens is 572 g/mol. The topological polar surface area (TPSA) is 130 Å². The van der Waals surface area contributed by atoms with Gasteiger partial charge in [-0.15, -0.1) is 0 Å². The Kier molecular flexibility index (Phi) is 23.8. The second-order valence-electron chi connectivity index (χ2n) is 13.2. The van der Waals surface area contributed by atoms with Crippen LogP contribution in [-0.4, -0.2) is 64.6 Å². The minimum absolute atomic E-state index is 0.00101. The lowest BCUT2D eigenvalue weighted by Crippen LogP contribution is -2.28. The number of carbonyl (C=O) groups is 3. The van der Waals surface area contributed by atoms with Gasteiger partial charge in [-0.05, 0) is 38.0 Å². The number of aliphatic hydroxyl groups is 3. The van der Waals surface area contributed by atoms with Gasteiger partial charge in [0.05, 0.1) is 18.8 Å². The van der Waals surface area contributed by atoms with Gasteiger partial charge in [-0.1, -0.05) is 116 Å². The molecule has 5 atom stereocenters. The van der Waals surface area contributed by atoms with E-state index >= 15 is 0 Å². The first kappa shape index (κ1) is 41.0. The molecule has 0 saturated heterocycles. The van der Waals surface area contributed by atoms with Crippen molar-refractivity contribution in [1.29, 1.82) is 0 Å². The van der Waals surface area contributed by atoms with Gasteiger partial charge in [0.1, 0.15) is 12.4 Å². The first-order chi connectivity index (χ1) is 21.7. The van der Waals surface area contributed by atoms with Gasteiger partial charge in [0, 0.05) is 31.1 Å². The molecule has 8 nitrogen and oxygen atoms in total. The highest BCUT2D eigenvalue weighted by Crippen LogP contribution is 2.33. The molecule has 45 heavy (non-hydrogen) atoms. The molecule has 1 aliphatic rings. The van der Waals surface area contributed by atoms with Gasteiger partial charge in [-0.2, -0.15) is 0 Å². The highest BCUT2D eigenvalue weighted by Gasteiger charge is 2.39. The zero-order chi connectivity index (χ0) is 33.3. The molecule has 0 aromatic heterocycles. The minimum atomic E-state index is -0.854. The van der Waals surface area contributed by atoms with E-state index in [4.69, 9.17) is 9.47 Å². The van der Waals surface area contributed by atoms with E-state index in [0.717, 1.165) is 44.4 Å². The standard InChI is InChI=1S/C37H64O8/c1-4-5-14-20-30(39)24-25-33-32(34(40)26-35(33)41)21-16-12-13-17-22-36(42)44-28-31(27-38)45-37(43)23-18-11-9-7-6-8-10-15-19-29(2)3/h12,16,24-25,29-34,38-40H,4-11,13-15,17-23,26-28H2,1-3H3/b16-12-,25-24+/t30-,31-,32+,33+,34-/m0/s1. The van der Waals surface area contributed by atoms with Gasteiger partial charge < -0.3 is 24.8 Å². The van der Waals surface area contributed by atoms with E-state index in [2.05, 4.69) is 20.8 Å². The fraction of sp³-hybridized carbons (Fsp3) is 0.811. The highest BCUT2D eigenvalue weighted by atomic mass is 16.6. The van der Waals surface area contributed by atoms with Crippen molar-refractivity contribution in [2.24, 2.45) is 17.8 Å². The number of carbonyl (C=O) groups excluding carboxylic acids is 3. The maximum Gasteiger partial charge on any atom is 0.306 e. The molecule has 0 spiro atoms. The monoisotopic (exact) mass is 636 g/mol. The van der Waals surface area contributed by atoms with Crippen LogP contribution in [0.2, 0.25) is 0 Å². The van der Waals surface area contributed by atoms with Gasteiger partial charge in [0.2, 0.25) is 0 Å². The number of hydrogen-bond acceptors (Lipinski definition) is 8. The molecule has 1 rings (SSSR count). The van der Waals surface area contributed by atoms with Crippen LogP contribution >= 0.6 is 0 Å². The van der Waals surface area contributed by atoms with Gasteiger partial charge in [0.15, 0.2) is 6.10 Å². The van der Waals surface area contributed by atoms with E-state index in [1.165, 1.54) is 38.5 Å². The third-order valence-corrected chi connectivity index (χ3v) is 8.55. The Morgan fingerprint density at radius 2 is 1.53 bits per heavy atom. The molecular formula is C37H64O8. The second kappa shape index (κ2) is 26.1. The van der Waals surface area contributed by atoms with Gasteiger partial charge in [-0.25, -0.2) is 0 Å². The number of esters is 2. The molecule has 0 amide bonds. The summed E-state index contributed by atoms with van der Waals surface area (Å²) in [5, 5.41) is 30.1. The summed E-state index contributed by atoms with van der Waals surface area (Å²) in [6.07, 6.45) is 21.8. The van der Waals surface area contributed by atoms with E-state index in [9.17, 15) is 29.7 Å². The first-order valence-corrected chi connectivity index (χ1v) is 17.9. The van der Waals surface area contributed by atoms with E-state index in [0.29, 0.717) is 32.1 Å². The first-order valence-electron chi connectivity index (χ1n) is 17.9. The van der Waals surface area contributed by atoms with Crippen LogP contribution < -0.4 is 0 Å². The zero-order valence-electron chi connectivity index (χ0n) is 28.5. The molecule has 0 bridgehead atoms. The predicted octanol–water partition coefficient (Wildman–Crippen LogP) is 7.17. The summed E-state index contributed by atoms with van der Waals surface area (Å²) in [7, 11) is 0. The third kappa shape index (κ3) is 20.7. The van der Waals surface area contributed by atoms with Crippen LogP contribution in [-0.2, 0) is 23.9 Å². The smallest absolute Gasteiger partial charge is 0.306 e. The molecule has 260 valence electrons. The highest BCUT2D eigenvalue weighted by molar-refractivity contribution is 5.86. The van der Waals surface area contributed by atoms with Gasteiger partial charge >= 0.3 is 11.9 Å². The normalized spacial score (nSPS) is 20.0. The van der Waals surface area contributed by atoms with Crippen molar-refractivity contribution in [2.45, 2.75) is 161 Å².